The SMILES string of the molecule is O=[N+]([O-])c1ccc(C=NNc2nc(NN=Cc3ccc([N+](=O)[O-])cc3)nc(Nc3cccc4ccccc34)n2)cc1. The van der Waals surface area contributed by atoms with Crippen molar-refractivity contribution in [2.75, 3.05) is 16.2 Å². The standard InChI is InChI=1S/C27H20N10O4/c38-36(39)21-12-8-18(9-13-21)16-28-34-26-31-25(30-24-7-3-5-20-4-1-2-6-23(20)24)32-27(33-26)35-29-17-19-10-14-22(15-11-19)37(40)41/h1-17H,(H3,30,31,32,33,34,35). The summed E-state index contributed by atoms with van der Waals surface area (Å²) in [5, 5.41) is 35.2. The molecule has 0 aliphatic heterocycles. The second-order valence-electron chi connectivity index (χ2n) is 8.40. The molecule has 0 amide bonds. The predicted octanol–water partition coefficient (Wildman–Crippen LogP) is 5.48. The Hall–Kier alpha value is -6.31. The molecule has 0 spiro atoms. The summed E-state index contributed by atoms with van der Waals surface area (Å²) in [6.07, 6.45) is 2.93. The molecule has 0 bridgehead atoms. The van der Waals surface area contributed by atoms with E-state index in [0.29, 0.717) is 11.1 Å². The first-order valence-electron chi connectivity index (χ1n) is 12.0. The third-order valence-electron chi connectivity index (χ3n) is 5.64. The van der Waals surface area contributed by atoms with Gasteiger partial charge in [-0.15, -0.1) is 0 Å². The lowest BCUT2D eigenvalue weighted by molar-refractivity contribution is -0.385. The van der Waals surface area contributed by atoms with Gasteiger partial charge in [-0.05, 0) is 46.8 Å². The minimum absolute atomic E-state index is 0.0262. The largest absolute Gasteiger partial charge is 0.323 e. The summed E-state index contributed by atoms with van der Waals surface area (Å²) in [6.45, 7) is 0. The smallest absolute Gasteiger partial charge is 0.269 e. The molecule has 0 aliphatic rings. The van der Waals surface area contributed by atoms with E-state index < -0.39 is 9.85 Å². The van der Waals surface area contributed by atoms with Gasteiger partial charge in [0.05, 0.1) is 22.3 Å². The molecule has 0 saturated heterocycles. The van der Waals surface area contributed by atoms with Crippen LogP contribution in [0.1, 0.15) is 11.1 Å². The van der Waals surface area contributed by atoms with E-state index in [1.54, 1.807) is 24.3 Å². The number of nitrogens with one attached hydrogen (secondary N) is 3. The van der Waals surface area contributed by atoms with Gasteiger partial charge in [0.25, 0.3) is 11.4 Å². The van der Waals surface area contributed by atoms with E-state index in [4.69, 9.17) is 0 Å². The van der Waals surface area contributed by atoms with Gasteiger partial charge < -0.3 is 5.32 Å². The molecule has 0 unspecified atom stereocenters. The Balaban J connectivity index is 1.38. The Morgan fingerprint density at radius 3 is 1.63 bits per heavy atom. The molecule has 0 fully saturated rings. The van der Waals surface area contributed by atoms with Crippen molar-refractivity contribution in [2.24, 2.45) is 10.2 Å². The molecule has 0 atom stereocenters. The average Bonchev–Trinajstić information content (AvgIpc) is 2.98. The molecule has 4 aromatic carbocycles. The maximum absolute atomic E-state index is 10.9. The average molecular weight is 549 g/mol. The number of rotatable bonds is 10. The molecule has 0 radical (unpaired) electrons. The lowest BCUT2D eigenvalue weighted by atomic mass is 10.1. The first kappa shape index (κ1) is 26.3. The van der Waals surface area contributed by atoms with Gasteiger partial charge in [0.1, 0.15) is 0 Å². The molecule has 0 saturated carbocycles. The number of non-ortho nitro benzene ring substituents is 2. The first-order chi connectivity index (χ1) is 19.9. The Morgan fingerprint density at radius 1 is 0.610 bits per heavy atom. The summed E-state index contributed by atoms with van der Waals surface area (Å²) in [5.41, 5.74) is 7.44. The Labute approximate surface area is 231 Å². The van der Waals surface area contributed by atoms with Crippen LogP contribution in [0.25, 0.3) is 10.8 Å². The van der Waals surface area contributed by atoms with E-state index in [0.717, 1.165) is 16.5 Å². The van der Waals surface area contributed by atoms with Crippen LogP contribution in [0.5, 0.6) is 0 Å². The lowest BCUT2D eigenvalue weighted by Crippen LogP contribution is -2.07. The van der Waals surface area contributed by atoms with Gasteiger partial charge in [0, 0.05) is 35.3 Å². The Kier molecular flexibility index (Phi) is 7.72. The van der Waals surface area contributed by atoms with Crippen LogP contribution in [0.15, 0.2) is 101 Å². The number of hydrazone groups is 2. The van der Waals surface area contributed by atoms with E-state index in [9.17, 15) is 20.2 Å². The highest BCUT2D eigenvalue weighted by Gasteiger charge is 2.09. The minimum Gasteiger partial charge on any atom is -0.323 e. The molecule has 202 valence electrons. The second-order valence-corrected chi connectivity index (χ2v) is 8.40. The number of nitro benzene ring substituents is 2. The zero-order valence-electron chi connectivity index (χ0n) is 21.1. The molecule has 41 heavy (non-hydrogen) atoms. The maximum atomic E-state index is 10.9. The second kappa shape index (κ2) is 12.0. The third-order valence-corrected chi connectivity index (χ3v) is 5.64. The van der Waals surface area contributed by atoms with Crippen LogP contribution in [0.4, 0.5) is 34.9 Å². The van der Waals surface area contributed by atoms with Crippen LogP contribution in [-0.4, -0.2) is 37.2 Å². The maximum Gasteiger partial charge on any atom is 0.269 e. The highest BCUT2D eigenvalue weighted by Crippen LogP contribution is 2.25. The number of benzene rings is 4. The molecule has 1 aromatic heterocycles. The van der Waals surface area contributed by atoms with Crippen LogP contribution < -0.4 is 16.2 Å². The van der Waals surface area contributed by atoms with Gasteiger partial charge in [-0.1, -0.05) is 36.4 Å². The van der Waals surface area contributed by atoms with Gasteiger partial charge in [-0.3, -0.25) is 20.2 Å². The summed E-state index contributed by atoms with van der Waals surface area (Å²) in [5.74, 6) is 0.389. The van der Waals surface area contributed by atoms with Crippen molar-refractivity contribution in [3.8, 4) is 0 Å². The van der Waals surface area contributed by atoms with Crippen LogP contribution in [0.2, 0.25) is 0 Å². The zero-order chi connectivity index (χ0) is 28.6. The Morgan fingerprint density at radius 2 is 1.10 bits per heavy atom. The fraction of sp³-hybridized carbons (Fsp3) is 0. The van der Waals surface area contributed by atoms with Gasteiger partial charge in [0.2, 0.25) is 17.8 Å². The summed E-state index contributed by atoms with van der Waals surface area (Å²) in [7, 11) is 0. The number of nitrogens with zero attached hydrogens (tertiary/aromatic N) is 7. The normalized spacial score (nSPS) is 11.1. The molecule has 14 heteroatoms. The third kappa shape index (κ3) is 6.77. The van der Waals surface area contributed by atoms with Crippen molar-refractivity contribution in [3.63, 3.8) is 0 Å². The van der Waals surface area contributed by atoms with Crippen LogP contribution in [0, 0.1) is 20.2 Å². The number of anilines is 4. The summed E-state index contributed by atoms with van der Waals surface area (Å²) in [6, 6.07) is 25.4. The van der Waals surface area contributed by atoms with Crippen molar-refractivity contribution >= 4 is 58.1 Å². The van der Waals surface area contributed by atoms with Crippen molar-refractivity contribution in [3.05, 3.63) is 122 Å². The molecular weight excluding hydrogens is 528 g/mol. The van der Waals surface area contributed by atoms with Gasteiger partial charge in [-0.2, -0.15) is 25.2 Å². The van der Waals surface area contributed by atoms with Gasteiger partial charge in [0.15, 0.2) is 0 Å². The number of nitro groups is 2. The highest BCUT2D eigenvalue weighted by atomic mass is 16.6. The number of fused-ring (bicyclic) bond motifs is 1. The van der Waals surface area contributed by atoms with Crippen LogP contribution >= 0.6 is 0 Å². The monoisotopic (exact) mass is 548 g/mol. The molecule has 0 aliphatic carbocycles. The topological polar surface area (TPSA) is 186 Å². The number of hydrogen-bond donors (Lipinski definition) is 3. The zero-order valence-corrected chi connectivity index (χ0v) is 21.1. The van der Waals surface area contributed by atoms with E-state index in [2.05, 4.69) is 41.3 Å². The predicted molar refractivity (Wildman–Crippen MR) is 156 cm³/mol. The van der Waals surface area contributed by atoms with Crippen molar-refractivity contribution in [2.45, 2.75) is 0 Å². The molecule has 5 aromatic rings. The van der Waals surface area contributed by atoms with Gasteiger partial charge >= 0.3 is 0 Å². The number of aromatic nitrogens is 3. The molecule has 3 N–H and O–H groups in total. The molecule has 5 rings (SSSR count). The fourth-order valence-electron chi connectivity index (χ4n) is 3.68. The van der Waals surface area contributed by atoms with E-state index >= 15 is 0 Å². The molecule has 14 nitrogen and oxygen atoms in total. The first-order valence-corrected chi connectivity index (χ1v) is 12.0. The van der Waals surface area contributed by atoms with E-state index in [1.165, 1.54) is 36.7 Å². The van der Waals surface area contributed by atoms with Crippen molar-refractivity contribution in [1.82, 2.24) is 15.0 Å². The van der Waals surface area contributed by atoms with Crippen LogP contribution in [0.3, 0.4) is 0 Å². The van der Waals surface area contributed by atoms with Gasteiger partial charge in [-0.25, -0.2) is 10.9 Å². The summed E-state index contributed by atoms with van der Waals surface area (Å²) < 4.78 is 0. The highest BCUT2D eigenvalue weighted by molar-refractivity contribution is 5.95. The quantitative estimate of drug-likeness (QED) is 0.115. The van der Waals surface area contributed by atoms with E-state index in [1.807, 2.05) is 42.5 Å². The van der Waals surface area contributed by atoms with Crippen molar-refractivity contribution in [1.29, 1.82) is 0 Å². The fourth-order valence-corrected chi connectivity index (χ4v) is 3.68. The van der Waals surface area contributed by atoms with E-state index in [-0.39, 0.29) is 29.2 Å². The molecule has 1 heterocycles. The summed E-state index contributed by atoms with van der Waals surface area (Å²) in [4.78, 5) is 33.8. The minimum atomic E-state index is -0.479. The summed E-state index contributed by atoms with van der Waals surface area (Å²) >= 11 is 0. The van der Waals surface area contributed by atoms with Crippen LogP contribution in [-0.2, 0) is 0 Å². The lowest BCUT2D eigenvalue weighted by Gasteiger charge is -2.10. The van der Waals surface area contributed by atoms with Crippen molar-refractivity contribution < 1.29 is 9.85 Å². The number of hydrogen-bond acceptors (Lipinski definition) is 12. The Bertz CT molecular complexity index is 1680. The molecular formula is C27H20N10O4.